The molecule has 1 saturated carbocycles. The van der Waals surface area contributed by atoms with Gasteiger partial charge in [-0.1, -0.05) is 6.07 Å². The quantitative estimate of drug-likeness (QED) is 0.690. The molecule has 0 atom stereocenters. The third-order valence-electron chi connectivity index (χ3n) is 4.16. The molecule has 2 aromatic heterocycles. The molecule has 2 amide bonds. The summed E-state index contributed by atoms with van der Waals surface area (Å²) in [7, 11) is 0. The highest BCUT2D eigenvalue weighted by atomic mass is 19.2. The third kappa shape index (κ3) is 3.12. The van der Waals surface area contributed by atoms with Gasteiger partial charge in [0.15, 0.2) is 23.1 Å². The van der Waals surface area contributed by atoms with Gasteiger partial charge in [-0.15, -0.1) is 0 Å². The van der Waals surface area contributed by atoms with E-state index in [0.29, 0.717) is 11.6 Å². The van der Waals surface area contributed by atoms with Crippen LogP contribution in [0.3, 0.4) is 0 Å². The number of carbonyl (C=O) groups is 2. The van der Waals surface area contributed by atoms with E-state index in [-0.39, 0.29) is 17.6 Å². The van der Waals surface area contributed by atoms with Crippen LogP contribution in [-0.2, 0) is 0 Å². The molecule has 27 heavy (non-hydrogen) atoms. The zero-order valence-electron chi connectivity index (χ0n) is 13.8. The number of nitrogens with one attached hydrogen (secondary N) is 2. The van der Waals surface area contributed by atoms with Crippen molar-refractivity contribution in [3.8, 4) is 0 Å². The summed E-state index contributed by atoms with van der Waals surface area (Å²) in [6.45, 7) is 0. The Balaban J connectivity index is 1.70. The van der Waals surface area contributed by atoms with Gasteiger partial charge in [-0.05, 0) is 37.1 Å². The Labute approximate surface area is 151 Å². The number of amides is 2. The van der Waals surface area contributed by atoms with Crippen molar-refractivity contribution in [1.82, 2.24) is 14.7 Å². The number of halogens is 3. The van der Waals surface area contributed by atoms with Crippen molar-refractivity contribution in [3.05, 3.63) is 65.5 Å². The largest absolute Gasteiger partial charge is 0.348 e. The molecular weight excluding hydrogens is 361 g/mol. The molecular formula is C18H13F3N4O2. The van der Waals surface area contributed by atoms with Crippen LogP contribution in [0.15, 0.2) is 36.5 Å². The van der Waals surface area contributed by atoms with Gasteiger partial charge in [-0.2, -0.15) is 0 Å². The Morgan fingerprint density at radius 1 is 1.04 bits per heavy atom. The lowest BCUT2D eigenvalue weighted by atomic mass is 10.2. The molecule has 0 aliphatic heterocycles. The van der Waals surface area contributed by atoms with Crippen molar-refractivity contribution in [2.45, 2.75) is 18.9 Å². The Morgan fingerprint density at radius 2 is 1.81 bits per heavy atom. The number of hydrogen-bond acceptors (Lipinski definition) is 3. The van der Waals surface area contributed by atoms with Gasteiger partial charge in [0.05, 0.1) is 11.2 Å². The first-order chi connectivity index (χ1) is 13.0. The van der Waals surface area contributed by atoms with E-state index in [9.17, 15) is 22.8 Å². The topological polar surface area (TPSA) is 75.5 Å². The molecule has 2 N–H and O–H groups in total. The number of rotatable bonds is 4. The van der Waals surface area contributed by atoms with Gasteiger partial charge >= 0.3 is 0 Å². The number of nitrogens with zero attached hydrogens (tertiary/aromatic N) is 2. The average molecular weight is 374 g/mol. The van der Waals surface area contributed by atoms with Crippen molar-refractivity contribution in [3.63, 3.8) is 0 Å². The second-order valence-corrected chi connectivity index (χ2v) is 6.16. The zero-order chi connectivity index (χ0) is 19.1. The number of aromatic nitrogens is 2. The molecule has 0 bridgehead atoms. The molecule has 0 spiro atoms. The van der Waals surface area contributed by atoms with E-state index >= 15 is 0 Å². The monoisotopic (exact) mass is 374 g/mol. The van der Waals surface area contributed by atoms with E-state index < -0.39 is 35.0 Å². The molecule has 1 fully saturated rings. The molecule has 0 radical (unpaired) electrons. The first-order valence-corrected chi connectivity index (χ1v) is 8.18. The summed E-state index contributed by atoms with van der Waals surface area (Å²) in [5.41, 5.74) is -0.0828. The molecule has 0 saturated heterocycles. The Bertz CT molecular complexity index is 1080. The smallest absolute Gasteiger partial charge is 0.292 e. The van der Waals surface area contributed by atoms with Crippen molar-refractivity contribution in [2.24, 2.45) is 0 Å². The van der Waals surface area contributed by atoms with Crippen molar-refractivity contribution in [2.75, 3.05) is 5.32 Å². The maximum absolute atomic E-state index is 13.8. The van der Waals surface area contributed by atoms with E-state index in [1.54, 1.807) is 18.2 Å². The summed E-state index contributed by atoms with van der Waals surface area (Å²) >= 11 is 0. The van der Waals surface area contributed by atoms with Gasteiger partial charge in [0.25, 0.3) is 11.8 Å². The van der Waals surface area contributed by atoms with E-state index in [2.05, 4.69) is 15.6 Å². The number of anilines is 1. The minimum atomic E-state index is -1.69. The first-order valence-electron chi connectivity index (χ1n) is 8.18. The van der Waals surface area contributed by atoms with Crippen LogP contribution < -0.4 is 10.6 Å². The second kappa shape index (κ2) is 6.42. The zero-order valence-corrected chi connectivity index (χ0v) is 13.8. The maximum Gasteiger partial charge on any atom is 0.292 e. The Morgan fingerprint density at radius 3 is 2.56 bits per heavy atom. The lowest BCUT2D eigenvalue weighted by Crippen LogP contribution is -2.26. The van der Waals surface area contributed by atoms with E-state index in [1.165, 1.54) is 10.6 Å². The first kappa shape index (κ1) is 17.1. The van der Waals surface area contributed by atoms with Crippen LogP contribution in [0, 0.1) is 17.5 Å². The van der Waals surface area contributed by atoms with Gasteiger partial charge in [0, 0.05) is 12.2 Å². The average Bonchev–Trinajstić information content (AvgIpc) is 3.38. The number of pyridine rings is 1. The van der Waals surface area contributed by atoms with E-state index in [4.69, 9.17) is 0 Å². The van der Waals surface area contributed by atoms with Crippen LogP contribution >= 0.6 is 0 Å². The standard InChI is InChI=1S/C18H13F3N4O2/c19-10-6-7-11(14(21)13(10)20)23-18(27)16-24-15(17(26)22-9-4-5-9)12-3-1-2-8-25(12)16/h1-3,6-9H,4-5H2,(H,22,26)(H,23,27). The lowest BCUT2D eigenvalue weighted by Gasteiger charge is -2.06. The highest BCUT2D eigenvalue weighted by molar-refractivity contribution is 6.06. The molecule has 0 unspecified atom stereocenters. The fourth-order valence-corrected chi connectivity index (χ4v) is 2.65. The highest BCUT2D eigenvalue weighted by Gasteiger charge is 2.28. The molecule has 4 rings (SSSR count). The minimum absolute atomic E-state index is 0.0541. The maximum atomic E-state index is 13.8. The highest BCUT2D eigenvalue weighted by Crippen LogP contribution is 2.22. The van der Waals surface area contributed by atoms with Crippen LogP contribution in [0.2, 0.25) is 0 Å². The van der Waals surface area contributed by atoms with Gasteiger partial charge < -0.3 is 10.6 Å². The summed E-state index contributed by atoms with van der Waals surface area (Å²) in [5.74, 6) is -6.04. The van der Waals surface area contributed by atoms with E-state index in [1.807, 2.05) is 0 Å². The number of hydrogen-bond donors (Lipinski definition) is 2. The summed E-state index contributed by atoms with van der Waals surface area (Å²) in [5, 5.41) is 4.95. The summed E-state index contributed by atoms with van der Waals surface area (Å²) < 4.78 is 41.6. The number of fused-ring (bicyclic) bond motifs is 1. The molecule has 1 aliphatic carbocycles. The molecule has 9 heteroatoms. The van der Waals surface area contributed by atoms with Crippen molar-refractivity contribution < 1.29 is 22.8 Å². The minimum Gasteiger partial charge on any atom is -0.348 e. The number of imidazole rings is 1. The molecule has 3 aromatic rings. The van der Waals surface area contributed by atoms with Crippen molar-refractivity contribution in [1.29, 1.82) is 0 Å². The predicted molar refractivity (Wildman–Crippen MR) is 89.9 cm³/mol. The SMILES string of the molecule is O=C(NC1CC1)c1nc(C(=O)Nc2ccc(F)c(F)c2F)n2ccccc12. The summed E-state index contributed by atoms with van der Waals surface area (Å²) in [6.07, 6.45) is 3.30. The number of carbonyl (C=O) groups excluding carboxylic acids is 2. The fourth-order valence-electron chi connectivity index (χ4n) is 2.65. The molecule has 138 valence electrons. The van der Waals surface area contributed by atoms with Gasteiger partial charge in [-0.3, -0.25) is 14.0 Å². The van der Waals surface area contributed by atoms with Crippen molar-refractivity contribution >= 4 is 23.0 Å². The Kier molecular flexibility index (Phi) is 4.06. The second-order valence-electron chi connectivity index (χ2n) is 6.16. The van der Waals surface area contributed by atoms with Crippen LogP contribution in [-0.4, -0.2) is 27.2 Å². The van der Waals surface area contributed by atoms with Crippen LogP contribution in [0.25, 0.3) is 5.52 Å². The fraction of sp³-hybridized carbons (Fsp3) is 0.167. The van der Waals surface area contributed by atoms with Crippen LogP contribution in [0.4, 0.5) is 18.9 Å². The van der Waals surface area contributed by atoms with Crippen LogP contribution in [0.1, 0.15) is 33.9 Å². The van der Waals surface area contributed by atoms with E-state index in [0.717, 1.165) is 18.9 Å². The predicted octanol–water partition coefficient (Wildman–Crippen LogP) is 2.90. The summed E-state index contributed by atoms with van der Waals surface area (Å²) in [4.78, 5) is 29.0. The van der Waals surface area contributed by atoms with Gasteiger partial charge in [0.1, 0.15) is 0 Å². The third-order valence-corrected chi connectivity index (χ3v) is 4.16. The van der Waals surface area contributed by atoms with Gasteiger partial charge in [0.2, 0.25) is 5.82 Å². The van der Waals surface area contributed by atoms with Gasteiger partial charge in [-0.25, -0.2) is 18.2 Å². The number of benzene rings is 1. The molecule has 1 aromatic carbocycles. The summed E-state index contributed by atoms with van der Waals surface area (Å²) in [6, 6.07) is 6.64. The molecule has 1 aliphatic rings. The Hall–Kier alpha value is -3.36. The van der Waals surface area contributed by atoms with Crippen LogP contribution in [0.5, 0.6) is 0 Å². The normalized spacial score (nSPS) is 13.6. The molecule has 2 heterocycles. The lowest BCUT2D eigenvalue weighted by molar-refractivity contribution is 0.0948. The molecule has 6 nitrogen and oxygen atoms in total.